The van der Waals surface area contributed by atoms with Gasteiger partial charge in [-0.1, -0.05) is 0 Å². The van der Waals surface area contributed by atoms with Crippen molar-refractivity contribution in [2.75, 3.05) is 6.61 Å². The van der Waals surface area contributed by atoms with Crippen molar-refractivity contribution in [2.24, 2.45) is 0 Å². The molecule has 1 unspecified atom stereocenters. The first-order valence-electron chi connectivity index (χ1n) is 2.79. The van der Waals surface area contributed by atoms with Crippen LogP contribution >= 0.6 is 9.03 Å². The number of hydrogen-bond acceptors (Lipinski definition) is 2. The summed E-state index contributed by atoms with van der Waals surface area (Å²) in [5, 5.41) is 0. The molecule has 0 amide bonds. The van der Waals surface area contributed by atoms with Crippen LogP contribution in [0.4, 0.5) is 0 Å². The molecule has 8 heavy (non-hydrogen) atoms. The average Bonchev–Trinajstić information content (AvgIpc) is 1.66. The molecule has 0 saturated carbocycles. The maximum absolute atomic E-state index is 5.09. The van der Waals surface area contributed by atoms with Crippen LogP contribution in [-0.4, -0.2) is 12.7 Å². The van der Waals surface area contributed by atoms with Crippen LogP contribution in [0.2, 0.25) is 0 Å². The Balaban J connectivity index is 2.72. The number of rotatable bonds is 4. The van der Waals surface area contributed by atoms with Crippen molar-refractivity contribution >= 4 is 9.03 Å². The van der Waals surface area contributed by atoms with E-state index < -0.39 is 0 Å². The Morgan fingerprint density at radius 1 is 1.50 bits per heavy atom. The first-order valence-corrected chi connectivity index (χ1v) is 3.61. The molecule has 0 aromatic rings. The van der Waals surface area contributed by atoms with Crippen LogP contribution in [0, 0.1) is 0 Å². The highest BCUT2D eigenvalue weighted by Crippen LogP contribution is 2.15. The smallest absolute Gasteiger partial charge is 0.155 e. The molecule has 0 aromatic carbocycles. The minimum Gasteiger partial charge on any atom is -0.337 e. The van der Waals surface area contributed by atoms with Gasteiger partial charge in [-0.3, -0.25) is 0 Å². The molecule has 0 heterocycles. The van der Waals surface area contributed by atoms with E-state index in [1.165, 1.54) is 0 Å². The van der Waals surface area contributed by atoms with Gasteiger partial charge in [0.05, 0.1) is 12.7 Å². The molecule has 0 aromatic heterocycles. The van der Waals surface area contributed by atoms with Gasteiger partial charge in [0, 0.05) is 0 Å². The Hall–Kier alpha value is 0.350. The molecular weight excluding hydrogens is 123 g/mol. The lowest BCUT2D eigenvalue weighted by Gasteiger charge is -2.04. The van der Waals surface area contributed by atoms with Crippen LogP contribution in [0.1, 0.15) is 20.8 Å². The van der Waals surface area contributed by atoms with Gasteiger partial charge in [-0.25, -0.2) is 0 Å². The second-order valence-corrected chi connectivity index (χ2v) is 2.37. The molecule has 0 aliphatic rings. The summed E-state index contributed by atoms with van der Waals surface area (Å²) >= 11 is 0. The van der Waals surface area contributed by atoms with E-state index in [2.05, 4.69) is 0 Å². The molecule has 0 bridgehead atoms. The average molecular weight is 136 g/mol. The fourth-order valence-corrected chi connectivity index (χ4v) is 0.568. The van der Waals surface area contributed by atoms with E-state index in [1.807, 2.05) is 20.8 Å². The topological polar surface area (TPSA) is 18.5 Å². The Kier molecular flexibility index (Phi) is 5.73. The Bertz CT molecular complexity index is 47.7. The van der Waals surface area contributed by atoms with E-state index in [1.54, 1.807) is 0 Å². The summed E-state index contributed by atoms with van der Waals surface area (Å²) in [6, 6.07) is 0. The summed E-state index contributed by atoms with van der Waals surface area (Å²) < 4.78 is 10.0. The van der Waals surface area contributed by atoms with Crippen LogP contribution in [0.25, 0.3) is 0 Å². The second kappa shape index (κ2) is 5.49. The van der Waals surface area contributed by atoms with Crippen molar-refractivity contribution in [1.82, 2.24) is 0 Å². The quantitative estimate of drug-likeness (QED) is 0.434. The van der Waals surface area contributed by atoms with Crippen molar-refractivity contribution in [2.45, 2.75) is 26.9 Å². The van der Waals surface area contributed by atoms with Gasteiger partial charge in [0.25, 0.3) is 0 Å². The maximum atomic E-state index is 5.09. The fraction of sp³-hybridized carbons (Fsp3) is 1.00. The minimum absolute atomic E-state index is 0.213. The molecule has 0 radical (unpaired) electrons. The third-order valence-corrected chi connectivity index (χ3v) is 1.46. The van der Waals surface area contributed by atoms with Crippen molar-refractivity contribution in [1.29, 1.82) is 0 Å². The van der Waals surface area contributed by atoms with Crippen molar-refractivity contribution < 1.29 is 9.05 Å². The molecule has 0 aliphatic carbocycles. The predicted molar refractivity (Wildman–Crippen MR) is 36.2 cm³/mol. The second-order valence-electron chi connectivity index (χ2n) is 1.68. The predicted octanol–water partition coefficient (Wildman–Crippen LogP) is 1.96. The highest BCUT2D eigenvalue weighted by atomic mass is 31.1. The molecule has 0 spiro atoms. The van der Waals surface area contributed by atoms with Gasteiger partial charge in [-0.15, -0.1) is 0 Å². The highest BCUT2D eigenvalue weighted by molar-refractivity contribution is 7.26. The SMILES string of the molecule is CCOPOC(C)C. The summed E-state index contributed by atoms with van der Waals surface area (Å²) in [5.74, 6) is 0. The van der Waals surface area contributed by atoms with Gasteiger partial charge in [0.2, 0.25) is 0 Å². The van der Waals surface area contributed by atoms with E-state index in [0.717, 1.165) is 6.61 Å². The highest BCUT2D eigenvalue weighted by Gasteiger charge is 1.89. The molecule has 0 fully saturated rings. The molecule has 0 rings (SSSR count). The van der Waals surface area contributed by atoms with E-state index in [-0.39, 0.29) is 9.03 Å². The van der Waals surface area contributed by atoms with Gasteiger partial charge in [-0.05, 0) is 20.8 Å². The monoisotopic (exact) mass is 136 g/mol. The van der Waals surface area contributed by atoms with Crippen molar-refractivity contribution in [3.63, 3.8) is 0 Å². The van der Waals surface area contributed by atoms with Crippen LogP contribution in [0.15, 0.2) is 0 Å². The van der Waals surface area contributed by atoms with E-state index in [0.29, 0.717) is 6.10 Å². The Labute approximate surface area is 52.5 Å². The minimum atomic E-state index is 0.213. The van der Waals surface area contributed by atoms with Gasteiger partial charge in [-0.2, -0.15) is 0 Å². The number of hydrogen-bond donors (Lipinski definition) is 0. The summed E-state index contributed by atoms with van der Waals surface area (Å²) in [4.78, 5) is 0. The first kappa shape index (κ1) is 8.35. The largest absolute Gasteiger partial charge is 0.337 e. The zero-order valence-corrected chi connectivity index (χ0v) is 6.60. The summed E-state index contributed by atoms with van der Waals surface area (Å²) in [5.41, 5.74) is 0. The fourth-order valence-electron chi connectivity index (χ4n) is 0.189. The molecule has 0 N–H and O–H groups in total. The third-order valence-electron chi connectivity index (χ3n) is 0.487. The Morgan fingerprint density at radius 2 is 2.12 bits per heavy atom. The summed E-state index contributed by atoms with van der Waals surface area (Å²) in [7, 11) is 0.213. The molecule has 3 heteroatoms. The van der Waals surface area contributed by atoms with Crippen molar-refractivity contribution in [3.05, 3.63) is 0 Å². The molecule has 2 nitrogen and oxygen atoms in total. The van der Waals surface area contributed by atoms with Crippen LogP contribution in [0.3, 0.4) is 0 Å². The first-order chi connectivity index (χ1) is 3.77. The van der Waals surface area contributed by atoms with Gasteiger partial charge in [0.15, 0.2) is 9.03 Å². The Morgan fingerprint density at radius 3 is 2.50 bits per heavy atom. The lowest BCUT2D eigenvalue weighted by atomic mass is 10.5. The zero-order valence-electron chi connectivity index (χ0n) is 5.60. The van der Waals surface area contributed by atoms with Crippen LogP contribution in [0.5, 0.6) is 0 Å². The summed E-state index contributed by atoms with van der Waals surface area (Å²) in [6.07, 6.45) is 0.292. The van der Waals surface area contributed by atoms with E-state index >= 15 is 0 Å². The van der Waals surface area contributed by atoms with Gasteiger partial charge in [0.1, 0.15) is 0 Å². The zero-order chi connectivity index (χ0) is 6.41. The van der Waals surface area contributed by atoms with Crippen LogP contribution in [-0.2, 0) is 9.05 Å². The van der Waals surface area contributed by atoms with Gasteiger partial charge >= 0.3 is 0 Å². The lowest BCUT2D eigenvalue weighted by Crippen LogP contribution is -1.93. The standard InChI is InChI=1S/C5H13O2P/c1-4-6-8-7-5(2)3/h5,8H,4H2,1-3H3. The maximum Gasteiger partial charge on any atom is 0.155 e. The molecule has 0 aliphatic heterocycles. The molecule has 50 valence electrons. The van der Waals surface area contributed by atoms with Crippen molar-refractivity contribution in [3.8, 4) is 0 Å². The van der Waals surface area contributed by atoms with E-state index in [4.69, 9.17) is 9.05 Å². The van der Waals surface area contributed by atoms with Crippen LogP contribution < -0.4 is 0 Å². The van der Waals surface area contributed by atoms with E-state index in [9.17, 15) is 0 Å². The third kappa shape index (κ3) is 6.35. The lowest BCUT2D eigenvalue weighted by molar-refractivity contribution is 0.226. The molecule has 0 saturated heterocycles. The molecule has 1 atom stereocenters. The molecular formula is C5H13O2P. The van der Waals surface area contributed by atoms with Gasteiger partial charge < -0.3 is 9.05 Å². The summed E-state index contributed by atoms with van der Waals surface area (Å²) in [6.45, 7) is 6.68. The normalized spacial score (nSPS) is 12.0.